The van der Waals surface area contributed by atoms with Crippen molar-refractivity contribution in [1.82, 2.24) is 0 Å². The largest absolute Gasteiger partial charge is 0.365 e. The Labute approximate surface area is 110 Å². The van der Waals surface area contributed by atoms with Gasteiger partial charge in [-0.1, -0.05) is 6.07 Å². The van der Waals surface area contributed by atoms with Crippen LogP contribution in [-0.4, -0.2) is 13.3 Å². The third-order valence-electron chi connectivity index (χ3n) is 3.02. The third-order valence-corrected chi connectivity index (χ3v) is 4.07. The minimum absolute atomic E-state index is 0.0987. The smallest absolute Gasteiger partial charge is 0.150 e. The molecule has 0 N–H and O–H groups in total. The molecule has 0 spiro atoms. The number of thiophene rings is 1. The van der Waals surface area contributed by atoms with Crippen molar-refractivity contribution in [2.75, 3.05) is 11.9 Å². The Balaban J connectivity index is 2.28. The fourth-order valence-electron chi connectivity index (χ4n) is 1.81. The molecule has 1 atom stereocenters. The summed E-state index contributed by atoms with van der Waals surface area (Å²) < 4.78 is 13.9. The van der Waals surface area contributed by atoms with Gasteiger partial charge in [0.05, 0.1) is 11.7 Å². The molecule has 4 heteroatoms. The van der Waals surface area contributed by atoms with Crippen molar-refractivity contribution in [3.63, 3.8) is 0 Å². The van der Waals surface area contributed by atoms with E-state index in [1.807, 2.05) is 36.4 Å². The van der Waals surface area contributed by atoms with Crippen LogP contribution < -0.4 is 4.90 Å². The van der Waals surface area contributed by atoms with Gasteiger partial charge in [-0.2, -0.15) is 0 Å². The quantitative estimate of drug-likeness (QED) is 0.780. The molecule has 2 nitrogen and oxygen atoms in total. The van der Waals surface area contributed by atoms with E-state index in [1.54, 1.807) is 23.5 Å². The first-order valence-electron chi connectivity index (χ1n) is 5.64. The molecule has 1 aromatic carbocycles. The summed E-state index contributed by atoms with van der Waals surface area (Å²) in [6, 6.07) is 8.65. The van der Waals surface area contributed by atoms with Gasteiger partial charge in [-0.15, -0.1) is 11.3 Å². The lowest BCUT2D eigenvalue weighted by molar-refractivity contribution is 0.112. The first kappa shape index (κ1) is 12.8. The lowest BCUT2D eigenvalue weighted by Gasteiger charge is -2.26. The highest BCUT2D eigenvalue weighted by molar-refractivity contribution is 7.10. The molecule has 0 radical (unpaired) electrons. The predicted molar refractivity (Wildman–Crippen MR) is 72.9 cm³/mol. The summed E-state index contributed by atoms with van der Waals surface area (Å²) in [7, 11) is 1.85. The second-order valence-electron chi connectivity index (χ2n) is 4.13. The maximum atomic E-state index is 13.9. The van der Waals surface area contributed by atoms with Gasteiger partial charge in [-0.25, -0.2) is 4.39 Å². The molecule has 1 unspecified atom stereocenters. The second-order valence-corrected chi connectivity index (χ2v) is 5.11. The second kappa shape index (κ2) is 5.31. The Morgan fingerprint density at radius 1 is 1.39 bits per heavy atom. The van der Waals surface area contributed by atoms with Crippen molar-refractivity contribution in [2.24, 2.45) is 0 Å². The molecule has 18 heavy (non-hydrogen) atoms. The maximum Gasteiger partial charge on any atom is 0.150 e. The number of anilines is 1. The zero-order valence-corrected chi connectivity index (χ0v) is 11.1. The Morgan fingerprint density at radius 2 is 2.17 bits per heavy atom. The number of rotatable bonds is 4. The van der Waals surface area contributed by atoms with Gasteiger partial charge < -0.3 is 4.90 Å². The van der Waals surface area contributed by atoms with Crippen LogP contribution in [0.25, 0.3) is 0 Å². The van der Waals surface area contributed by atoms with E-state index in [0.29, 0.717) is 17.5 Å². The molecule has 2 aromatic rings. The number of carbonyl (C=O) groups is 1. The molecule has 0 fully saturated rings. The van der Waals surface area contributed by atoms with Gasteiger partial charge in [-0.05, 0) is 36.6 Å². The zero-order chi connectivity index (χ0) is 13.1. The van der Waals surface area contributed by atoms with Crippen molar-refractivity contribution in [1.29, 1.82) is 0 Å². The summed E-state index contributed by atoms with van der Waals surface area (Å²) in [5.74, 6) is -0.370. The minimum atomic E-state index is -0.370. The monoisotopic (exact) mass is 263 g/mol. The van der Waals surface area contributed by atoms with Gasteiger partial charge in [0.25, 0.3) is 0 Å². The number of carbonyl (C=O) groups excluding carboxylic acids is 1. The first-order valence-corrected chi connectivity index (χ1v) is 6.52. The van der Waals surface area contributed by atoms with Gasteiger partial charge in [0.2, 0.25) is 0 Å². The van der Waals surface area contributed by atoms with Crippen LogP contribution in [0.15, 0.2) is 35.7 Å². The lowest BCUT2D eigenvalue weighted by Crippen LogP contribution is -2.21. The van der Waals surface area contributed by atoms with Crippen molar-refractivity contribution in [3.8, 4) is 0 Å². The van der Waals surface area contributed by atoms with E-state index in [4.69, 9.17) is 0 Å². The summed E-state index contributed by atoms with van der Waals surface area (Å²) in [5.41, 5.74) is 0.856. The minimum Gasteiger partial charge on any atom is -0.365 e. The molecule has 0 aliphatic carbocycles. The average molecular weight is 263 g/mol. The lowest BCUT2D eigenvalue weighted by atomic mass is 10.1. The fourth-order valence-corrected chi connectivity index (χ4v) is 2.64. The van der Waals surface area contributed by atoms with Crippen LogP contribution in [0.4, 0.5) is 10.1 Å². The van der Waals surface area contributed by atoms with Gasteiger partial charge in [-0.3, -0.25) is 4.79 Å². The van der Waals surface area contributed by atoms with Gasteiger partial charge in [0.15, 0.2) is 0 Å². The third kappa shape index (κ3) is 2.43. The standard InChI is InChI=1S/C14H14FNOS/c1-10(14-4-3-7-18-14)16(2)13-6-5-11(9-17)8-12(13)15/h3-10H,1-2H3. The summed E-state index contributed by atoms with van der Waals surface area (Å²) in [5, 5.41) is 2.01. The molecule has 1 aromatic heterocycles. The van der Waals surface area contributed by atoms with Gasteiger partial charge in [0, 0.05) is 17.5 Å². The highest BCUT2D eigenvalue weighted by Crippen LogP contribution is 2.29. The van der Waals surface area contributed by atoms with E-state index in [9.17, 15) is 9.18 Å². The molecule has 0 saturated carbocycles. The van der Waals surface area contributed by atoms with Gasteiger partial charge in [0.1, 0.15) is 12.1 Å². The van der Waals surface area contributed by atoms with E-state index < -0.39 is 0 Å². The molecule has 0 bridgehead atoms. The van der Waals surface area contributed by atoms with E-state index in [2.05, 4.69) is 0 Å². The predicted octanol–water partition coefficient (Wildman–Crippen LogP) is 3.90. The number of hydrogen-bond donors (Lipinski definition) is 0. The van der Waals surface area contributed by atoms with Crippen LogP contribution in [0.5, 0.6) is 0 Å². The number of benzene rings is 1. The van der Waals surface area contributed by atoms with Crippen LogP contribution >= 0.6 is 11.3 Å². The van der Waals surface area contributed by atoms with E-state index in [1.165, 1.54) is 10.9 Å². The molecule has 0 aliphatic heterocycles. The summed E-state index contributed by atoms with van der Waals surface area (Å²) in [6.45, 7) is 2.03. The number of aldehydes is 1. The Hall–Kier alpha value is -1.68. The van der Waals surface area contributed by atoms with Crippen molar-refractivity contribution in [2.45, 2.75) is 13.0 Å². The van der Waals surface area contributed by atoms with Crippen LogP contribution in [0, 0.1) is 5.82 Å². The zero-order valence-electron chi connectivity index (χ0n) is 10.3. The average Bonchev–Trinajstić information content (AvgIpc) is 2.90. The van der Waals surface area contributed by atoms with E-state index in [0.717, 1.165) is 0 Å². The molecular formula is C14H14FNOS. The molecular weight excluding hydrogens is 249 g/mol. The Kier molecular flexibility index (Phi) is 3.77. The van der Waals surface area contributed by atoms with E-state index in [-0.39, 0.29) is 11.9 Å². The highest BCUT2D eigenvalue weighted by Gasteiger charge is 2.16. The summed E-state index contributed by atoms with van der Waals surface area (Å²) >= 11 is 1.65. The molecule has 94 valence electrons. The van der Waals surface area contributed by atoms with Crippen LogP contribution in [0.2, 0.25) is 0 Å². The normalized spacial score (nSPS) is 12.2. The van der Waals surface area contributed by atoms with Crippen LogP contribution in [0.3, 0.4) is 0 Å². The SMILES string of the molecule is CC(c1cccs1)N(C)c1ccc(C=O)cc1F. The number of halogens is 1. The Bertz CT molecular complexity index is 539. The van der Waals surface area contributed by atoms with Crippen LogP contribution in [-0.2, 0) is 0 Å². The summed E-state index contributed by atoms with van der Waals surface area (Å²) in [4.78, 5) is 13.6. The number of hydrogen-bond acceptors (Lipinski definition) is 3. The molecule has 0 aliphatic rings. The van der Waals surface area contributed by atoms with Crippen molar-refractivity contribution >= 4 is 23.3 Å². The van der Waals surface area contributed by atoms with Gasteiger partial charge >= 0.3 is 0 Å². The molecule has 1 heterocycles. The molecule has 0 amide bonds. The van der Waals surface area contributed by atoms with Crippen molar-refractivity contribution < 1.29 is 9.18 Å². The molecule has 2 rings (SSSR count). The molecule has 0 saturated heterocycles. The Morgan fingerprint density at radius 3 is 2.72 bits per heavy atom. The maximum absolute atomic E-state index is 13.9. The fraction of sp³-hybridized carbons (Fsp3) is 0.214. The van der Waals surface area contributed by atoms with E-state index >= 15 is 0 Å². The summed E-state index contributed by atoms with van der Waals surface area (Å²) in [6.07, 6.45) is 0.648. The highest BCUT2D eigenvalue weighted by atomic mass is 32.1. The first-order chi connectivity index (χ1) is 8.63. The van der Waals surface area contributed by atoms with Crippen molar-refractivity contribution in [3.05, 3.63) is 52.0 Å². The topological polar surface area (TPSA) is 20.3 Å². The van der Waals surface area contributed by atoms with Crippen LogP contribution in [0.1, 0.15) is 28.2 Å². The number of nitrogens with zero attached hydrogens (tertiary/aromatic N) is 1.